The van der Waals surface area contributed by atoms with Crippen molar-refractivity contribution in [3.63, 3.8) is 0 Å². The first-order valence-corrected chi connectivity index (χ1v) is 5.92. The van der Waals surface area contributed by atoms with Gasteiger partial charge in [0.1, 0.15) is 17.1 Å². The van der Waals surface area contributed by atoms with Crippen molar-refractivity contribution in [2.45, 2.75) is 6.92 Å². The second-order valence-electron chi connectivity index (χ2n) is 4.00. The summed E-state index contributed by atoms with van der Waals surface area (Å²) in [5, 5.41) is 12.6. The number of hydrogen-bond donors (Lipinski definition) is 2. The standard InChI is InChI=1S/C14H11ClFNO2/c1-8-9(15)4-2-6-11(8)17-14(19)13-10(16)5-3-7-12(13)18/h2-7,18H,1H3,(H,17,19). The highest BCUT2D eigenvalue weighted by atomic mass is 35.5. The monoisotopic (exact) mass is 279 g/mol. The number of nitrogens with one attached hydrogen (secondary N) is 1. The summed E-state index contributed by atoms with van der Waals surface area (Å²) in [7, 11) is 0. The van der Waals surface area contributed by atoms with Crippen molar-refractivity contribution < 1.29 is 14.3 Å². The zero-order valence-corrected chi connectivity index (χ0v) is 10.8. The molecule has 0 radical (unpaired) electrons. The van der Waals surface area contributed by atoms with Crippen molar-refractivity contribution in [1.82, 2.24) is 0 Å². The molecule has 2 aromatic carbocycles. The summed E-state index contributed by atoms with van der Waals surface area (Å²) in [6.45, 7) is 1.74. The zero-order chi connectivity index (χ0) is 14.0. The quantitative estimate of drug-likeness (QED) is 0.880. The summed E-state index contributed by atoms with van der Waals surface area (Å²) in [4.78, 5) is 12.0. The molecule has 0 heterocycles. The van der Waals surface area contributed by atoms with E-state index in [4.69, 9.17) is 11.6 Å². The third-order valence-electron chi connectivity index (χ3n) is 2.73. The van der Waals surface area contributed by atoms with E-state index in [0.717, 1.165) is 6.07 Å². The molecule has 19 heavy (non-hydrogen) atoms. The van der Waals surface area contributed by atoms with Crippen LogP contribution in [0, 0.1) is 12.7 Å². The minimum Gasteiger partial charge on any atom is -0.507 e. The molecular weight excluding hydrogens is 269 g/mol. The molecule has 0 unspecified atom stereocenters. The van der Waals surface area contributed by atoms with Crippen LogP contribution in [0.5, 0.6) is 5.75 Å². The Morgan fingerprint density at radius 2 is 1.95 bits per heavy atom. The first kappa shape index (κ1) is 13.4. The summed E-state index contributed by atoms with van der Waals surface area (Å²) in [6, 6.07) is 8.70. The highest BCUT2D eigenvalue weighted by Gasteiger charge is 2.17. The number of halogens is 2. The van der Waals surface area contributed by atoms with E-state index in [1.165, 1.54) is 12.1 Å². The highest BCUT2D eigenvalue weighted by Crippen LogP contribution is 2.25. The lowest BCUT2D eigenvalue weighted by molar-refractivity contribution is 0.102. The van der Waals surface area contributed by atoms with Gasteiger partial charge < -0.3 is 10.4 Å². The summed E-state index contributed by atoms with van der Waals surface area (Å²) in [5.74, 6) is -1.91. The van der Waals surface area contributed by atoms with Gasteiger partial charge in [-0.15, -0.1) is 0 Å². The molecule has 0 spiro atoms. The maximum absolute atomic E-state index is 13.5. The van der Waals surface area contributed by atoms with Gasteiger partial charge in [-0.3, -0.25) is 4.79 Å². The minimum absolute atomic E-state index is 0.387. The molecule has 0 aromatic heterocycles. The predicted octanol–water partition coefficient (Wildman–Crippen LogP) is 3.75. The molecule has 5 heteroatoms. The van der Waals surface area contributed by atoms with E-state index in [0.29, 0.717) is 16.3 Å². The van der Waals surface area contributed by atoms with E-state index >= 15 is 0 Å². The van der Waals surface area contributed by atoms with Crippen LogP contribution in [0.2, 0.25) is 5.02 Å². The van der Waals surface area contributed by atoms with E-state index in [-0.39, 0.29) is 5.56 Å². The Hall–Kier alpha value is -2.07. The zero-order valence-electron chi connectivity index (χ0n) is 10.1. The topological polar surface area (TPSA) is 49.3 Å². The Labute approximate surface area is 114 Å². The summed E-state index contributed by atoms with van der Waals surface area (Å²) >= 11 is 5.93. The second-order valence-corrected chi connectivity index (χ2v) is 4.41. The molecule has 2 N–H and O–H groups in total. The number of hydrogen-bond acceptors (Lipinski definition) is 2. The van der Waals surface area contributed by atoms with Gasteiger partial charge in [0.05, 0.1) is 0 Å². The summed E-state index contributed by atoms with van der Waals surface area (Å²) in [6.07, 6.45) is 0. The van der Waals surface area contributed by atoms with Gasteiger partial charge >= 0.3 is 0 Å². The SMILES string of the molecule is Cc1c(Cl)cccc1NC(=O)c1c(O)cccc1F. The van der Waals surface area contributed by atoms with Gasteiger partial charge in [0, 0.05) is 10.7 Å². The number of carbonyl (C=O) groups is 1. The van der Waals surface area contributed by atoms with Gasteiger partial charge in [-0.2, -0.15) is 0 Å². The lowest BCUT2D eigenvalue weighted by Crippen LogP contribution is -2.14. The smallest absolute Gasteiger partial charge is 0.262 e. The Kier molecular flexibility index (Phi) is 3.71. The number of rotatable bonds is 2. The Morgan fingerprint density at radius 1 is 1.26 bits per heavy atom. The van der Waals surface area contributed by atoms with Gasteiger partial charge in [-0.1, -0.05) is 23.7 Å². The summed E-state index contributed by atoms with van der Waals surface area (Å²) < 4.78 is 13.5. The molecule has 0 fully saturated rings. The van der Waals surface area contributed by atoms with Gasteiger partial charge in [-0.25, -0.2) is 4.39 Å². The van der Waals surface area contributed by atoms with Crippen LogP contribution in [-0.4, -0.2) is 11.0 Å². The van der Waals surface area contributed by atoms with Gasteiger partial charge in [0.25, 0.3) is 5.91 Å². The fourth-order valence-corrected chi connectivity index (χ4v) is 1.84. The molecule has 0 aliphatic rings. The third-order valence-corrected chi connectivity index (χ3v) is 3.14. The molecule has 2 rings (SSSR count). The minimum atomic E-state index is -0.780. The van der Waals surface area contributed by atoms with Crippen LogP contribution in [0.4, 0.5) is 10.1 Å². The molecule has 0 saturated carbocycles. The van der Waals surface area contributed by atoms with Gasteiger partial charge in [-0.05, 0) is 36.8 Å². The molecule has 0 saturated heterocycles. The number of phenolic OH excluding ortho intramolecular Hbond substituents is 1. The van der Waals surface area contributed by atoms with Crippen LogP contribution in [0.3, 0.4) is 0 Å². The average Bonchev–Trinajstić information content (AvgIpc) is 2.35. The van der Waals surface area contributed by atoms with Crippen LogP contribution < -0.4 is 5.32 Å². The molecule has 98 valence electrons. The lowest BCUT2D eigenvalue weighted by Gasteiger charge is -2.10. The summed E-state index contributed by atoms with van der Waals surface area (Å²) in [5.41, 5.74) is 0.760. The highest BCUT2D eigenvalue weighted by molar-refractivity contribution is 6.31. The van der Waals surface area contributed by atoms with Crippen LogP contribution in [0.25, 0.3) is 0 Å². The number of aromatic hydroxyl groups is 1. The van der Waals surface area contributed by atoms with E-state index in [1.807, 2.05) is 0 Å². The number of benzene rings is 2. The average molecular weight is 280 g/mol. The van der Waals surface area contributed by atoms with E-state index < -0.39 is 17.5 Å². The number of anilines is 1. The van der Waals surface area contributed by atoms with Crippen molar-refractivity contribution in [2.75, 3.05) is 5.32 Å². The number of phenols is 1. The fourth-order valence-electron chi connectivity index (χ4n) is 1.67. The van der Waals surface area contributed by atoms with E-state index in [1.54, 1.807) is 25.1 Å². The van der Waals surface area contributed by atoms with Crippen LogP contribution in [0.15, 0.2) is 36.4 Å². The molecule has 0 bridgehead atoms. The van der Waals surface area contributed by atoms with Crippen molar-refractivity contribution in [2.24, 2.45) is 0 Å². The fraction of sp³-hybridized carbons (Fsp3) is 0.0714. The van der Waals surface area contributed by atoms with Crippen LogP contribution in [0.1, 0.15) is 15.9 Å². The normalized spacial score (nSPS) is 10.3. The molecule has 0 aliphatic carbocycles. The molecule has 2 aromatic rings. The molecule has 3 nitrogen and oxygen atoms in total. The van der Waals surface area contributed by atoms with Crippen molar-refractivity contribution in [1.29, 1.82) is 0 Å². The molecular formula is C14H11ClFNO2. The molecule has 1 amide bonds. The number of amides is 1. The van der Waals surface area contributed by atoms with Crippen LogP contribution in [-0.2, 0) is 0 Å². The van der Waals surface area contributed by atoms with Gasteiger partial charge in [0.15, 0.2) is 0 Å². The number of carbonyl (C=O) groups excluding carboxylic acids is 1. The predicted molar refractivity (Wildman–Crippen MR) is 72.2 cm³/mol. The van der Waals surface area contributed by atoms with Gasteiger partial charge in [0.2, 0.25) is 0 Å². The Bertz CT molecular complexity index is 623. The third kappa shape index (κ3) is 2.69. The van der Waals surface area contributed by atoms with Crippen molar-refractivity contribution >= 4 is 23.2 Å². The molecule has 0 atom stereocenters. The second kappa shape index (κ2) is 5.28. The van der Waals surface area contributed by atoms with Crippen LogP contribution >= 0.6 is 11.6 Å². The maximum atomic E-state index is 13.5. The first-order valence-electron chi connectivity index (χ1n) is 5.54. The van der Waals surface area contributed by atoms with Crippen molar-refractivity contribution in [3.05, 3.63) is 58.4 Å². The molecule has 0 aliphatic heterocycles. The maximum Gasteiger partial charge on any atom is 0.262 e. The van der Waals surface area contributed by atoms with E-state index in [9.17, 15) is 14.3 Å². The Balaban J connectivity index is 2.34. The van der Waals surface area contributed by atoms with Crippen molar-refractivity contribution in [3.8, 4) is 5.75 Å². The van der Waals surface area contributed by atoms with E-state index in [2.05, 4.69) is 5.32 Å². The Morgan fingerprint density at radius 3 is 2.63 bits per heavy atom. The largest absolute Gasteiger partial charge is 0.507 e. The first-order chi connectivity index (χ1) is 9.00. The lowest BCUT2D eigenvalue weighted by atomic mass is 10.1.